The van der Waals surface area contributed by atoms with Gasteiger partial charge in [-0.3, -0.25) is 0 Å². The van der Waals surface area contributed by atoms with Crippen LogP contribution in [0.4, 0.5) is 0 Å². The lowest BCUT2D eigenvalue weighted by atomic mass is 10.8. The highest BCUT2D eigenvalue weighted by Gasteiger charge is 1.93. The lowest BCUT2D eigenvalue weighted by Gasteiger charge is -1.82. The molecule has 0 bridgehead atoms. The zero-order valence-corrected chi connectivity index (χ0v) is 5.62. The third-order valence-corrected chi connectivity index (χ3v) is 0.923. The standard InChI is InChI=1S/C3H6O2.C3H4O2/c2*1-2-5-3-4-1/h1-3H2;1-2H,3H2. The second-order valence-electron chi connectivity index (χ2n) is 1.66. The molecule has 0 amide bonds. The molecule has 0 unspecified atom stereocenters. The lowest BCUT2D eigenvalue weighted by molar-refractivity contribution is 0.0692. The molecule has 0 saturated carbocycles. The largest absolute Gasteiger partial charge is 0.462 e. The van der Waals surface area contributed by atoms with E-state index < -0.39 is 0 Å². The van der Waals surface area contributed by atoms with Gasteiger partial charge >= 0.3 is 0 Å². The molecule has 10 heavy (non-hydrogen) atoms. The van der Waals surface area contributed by atoms with Gasteiger partial charge in [0.2, 0.25) is 6.79 Å². The van der Waals surface area contributed by atoms with Crippen LogP contribution < -0.4 is 0 Å². The normalized spacial score (nSPS) is 20.8. The fraction of sp³-hybridized carbons (Fsp3) is 0.667. The van der Waals surface area contributed by atoms with Crippen molar-refractivity contribution >= 4 is 0 Å². The Labute approximate surface area is 59.3 Å². The van der Waals surface area contributed by atoms with Crippen LogP contribution in [0.2, 0.25) is 0 Å². The van der Waals surface area contributed by atoms with Crippen LogP contribution in [0.5, 0.6) is 0 Å². The van der Waals surface area contributed by atoms with Crippen molar-refractivity contribution in [3.8, 4) is 0 Å². The van der Waals surface area contributed by atoms with E-state index in [0.29, 0.717) is 13.6 Å². The van der Waals surface area contributed by atoms with Crippen molar-refractivity contribution in [3.63, 3.8) is 0 Å². The molecule has 4 nitrogen and oxygen atoms in total. The Morgan fingerprint density at radius 1 is 0.800 bits per heavy atom. The van der Waals surface area contributed by atoms with Gasteiger partial charge in [0.1, 0.15) is 19.3 Å². The second kappa shape index (κ2) is 5.08. The fourth-order valence-corrected chi connectivity index (χ4v) is 0.491. The predicted octanol–water partition coefficient (Wildman–Crippen LogP) is 0.453. The van der Waals surface area contributed by atoms with Crippen LogP contribution in [-0.2, 0) is 18.9 Å². The van der Waals surface area contributed by atoms with Crippen LogP contribution in [0.1, 0.15) is 0 Å². The third kappa shape index (κ3) is 3.32. The molecule has 4 heteroatoms. The molecule has 0 aromatic rings. The van der Waals surface area contributed by atoms with E-state index in [1.807, 2.05) is 0 Å². The Hall–Kier alpha value is -0.740. The van der Waals surface area contributed by atoms with Crippen molar-refractivity contribution in [2.45, 2.75) is 0 Å². The van der Waals surface area contributed by atoms with Gasteiger partial charge in [0.25, 0.3) is 0 Å². The van der Waals surface area contributed by atoms with E-state index >= 15 is 0 Å². The van der Waals surface area contributed by atoms with Gasteiger partial charge in [-0.15, -0.1) is 0 Å². The first-order valence-corrected chi connectivity index (χ1v) is 3.04. The van der Waals surface area contributed by atoms with E-state index in [0.717, 1.165) is 13.2 Å². The Balaban J connectivity index is 0.0000001000. The summed E-state index contributed by atoms with van der Waals surface area (Å²) in [5.74, 6) is 0. The molecule has 1 fully saturated rings. The van der Waals surface area contributed by atoms with Crippen molar-refractivity contribution < 1.29 is 18.9 Å². The molecule has 0 radical (unpaired) electrons. The molecule has 1 saturated heterocycles. The first-order valence-electron chi connectivity index (χ1n) is 3.04. The van der Waals surface area contributed by atoms with Crippen LogP contribution in [0.25, 0.3) is 0 Å². The SMILES string of the molecule is C1=COCO1.C1COCO1. The summed E-state index contributed by atoms with van der Waals surface area (Å²) in [7, 11) is 0. The number of hydrogen-bond acceptors (Lipinski definition) is 4. The molecule has 2 aliphatic heterocycles. The average molecular weight is 146 g/mol. The molecule has 0 aromatic heterocycles. The van der Waals surface area contributed by atoms with Gasteiger partial charge in [0, 0.05) is 0 Å². The van der Waals surface area contributed by atoms with Crippen LogP contribution in [0.15, 0.2) is 12.5 Å². The van der Waals surface area contributed by atoms with Crippen molar-refractivity contribution in [1.82, 2.24) is 0 Å². The van der Waals surface area contributed by atoms with E-state index in [4.69, 9.17) is 9.47 Å². The van der Waals surface area contributed by atoms with Crippen LogP contribution >= 0.6 is 0 Å². The zero-order valence-electron chi connectivity index (χ0n) is 5.62. The van der Waals surface area contributed by atoms with Gasteiger partial charge in [-0.1, -0.05) is 0 Å². The smallest absolute Gasteiger partial charge is 0.229 e. The minimum Gasteiger partial charge on any atom is -0.462 e. The first-order chi connectivity index (χ1) is 5.00. The van der Waals surface area contributed by atoms with E-state index in [2.05, 4.69) is 9.47 Å². The molecular formula is C6H10O4. The molecular weight excluding hydrogens is 136 g/mol. The summed E-state index contributed by atoms with van der Waals surface area (Å²) >= 11 is 0. The van der Waals surface area contributed by atoms with Crippen molar-refractivity contribution in [2.24, 2.45) is 0 Å². The fourth-order valence-electron chi connectivity index (χ4n) is 0.491. The summed E-state index contributed by atoms with van der Waals surface area (Å²) in [6.45, 7) is 2.44. The van der Waals surface area contributed by atoms with E-state index in [-0.39, 0.29) is 0 Å². The van der Waals surface area contributed by atoms with Crippen LogP contribution in [-0.4, -0.2) is 26.8 Å². The first kappa shape index (κ1) is 7.37. The topological polar surface area (TPSA) is 36.9 Å². The molecule has 2 heterocycles. The van der Waals surface area contributed by atoms with Crippen molar-refractivity contribution in [2.75, 3.05) is 26.8 Å². The highest BCUT2D eigenvalue weighted by molar-refractivity contribution is 4.63. The van der Waals surface area contributed by atoms with E-state index in [9.17, 15) is 0 Å². The van der Waals surface area contributed by atoms with E-state index in [1.54, 1.807) is 0 Å². The molecule has 2 aliphatic rings. The minimum atomic E-state index is 0.389. The number of ether oxygens (including phenoxy) is 4. The Morgan fingerprint density at radius 3 is 1.60 bits per heavy atom. The molecule has 0 atom stereocenters. The van der Waals surface area contributed by atoms with Gasteiger partial charge in [-0.05, 0) is 0 Å². The monoisotopic (exact) mass is 146 g/mol. The van der Waals surface area contributed by atoms with Crippen LogP contribution in [0, 0.1) is 0 Å². The Kier molecular flexibility index (Phi) is 3.74. The maximum atomic E-state index is 4.72. The van der Waals surface area contributed by atoms with Crippen LogP contribution in [0.3, 0.4) is 0 Å². The second-order valence-corrected chi connectivity index (χ2v) is 1.66. The van der Waals surface area contributed by atoms with Gasteiger partial charge in [0.15, 0.2) is 0 Å². The lowest BCUT2D eigenvalue weighted by Crippen LogP contribution is -1.79. The van der Waals surface area contributed by atoms with Crippen molar-refractivity contribution in [1.29, 1.82) is 0 Å². The average Bonchev–Trinajstić information content (AvgIpc) is 2.67. The molecule has 0 aromatic carbocycles. The molecule has 0 aliphatic carbocycles. The number of hydrogen-bond donors (Lipinski definition) is 0. The maximum Gasteiger partial charge on any atom is 0.229 e. The minimum absolute atomic E-state index is 0.389. The molecule has 2 rings (SSSR count). The Bertz CT molecular complexity index is 84.3. The highest BCUT2D eigenvalue weighted by atomic mass is 16.7. The van der Waals surface area contributed by atoms with Gasteiger partial charge < -0.3 is 18.9 Å². The summed E-state index contributed by atoms with van der Waals surface area (Å²) in [6.07, 6.45) is 3.03. The van der Waals surface area contributed by atoms with Gasteiger partial charge in [0.05, 0.1) is 13.2 Å². The van der Waals surface area contributed by atoms with Crippen molar-refractivity contribution in [3.05, 3.63) is 12.5 Å². The van der Waals surface area contributed by atoms with E-state index in [1.165, 1.54) is 12.5 Å². The third-order valence-electron chi connectivity index (χ3n) is 0.923. The molecule has 0 spiro atoms. The summed E-state index contributed by atoms with van der Waals surface area (Å²) in [5, 5.41) is 0. The number of rotatable bonds is 0. The summed E-state index contributed by atoms with van der Waals surface area (Å²) < 4.78 is 18.5. The maximum absolute atomic E-state index is 4.72. The Morgan fingerprint density at radius 2 is 1.40 bits per heavy atom. The quantitative estimate of drug-likeness (QED) is 0.497. The van der Waals surface area contributed by atoms with Gasteiger partial charge in [-0.2, -0.15) is 0 Å². The zero-order chi connectivity index (χ0) is 7.07. The molecule has 58 valence electrons. The molecule has 0 N–H and O–H groups in total. The van der Waals surface area contributed by atoms with Gasteiger partial charge in [-0.25, -0.2) is 0 Å². The highest BCUT2D eigenvalue weighted by Crippen LogP contribution is 1.88. The summed E-state index contributed by atoms with van der Waals surface area (Å²) in [4.78, 5) is 0. The predicted molar refractivity (Wildman–Crippen MR) is 32.9 cm³/mol. The summed E-state index contributed by atoms with van der Waals surface area (Å²) in [6, 6.07) is 0. The summed E-state index contributed by atoms with van der Waals surface area (Å²) in [5.41, 5.74) is 0.